The van der Waals surface area contributed by atoms with E-state index in [9.17, 15) is 0 Å². The van der Waals surface area contributed by atoms with Crippen molar-refractivity contribution in [1.82, 2.24) is 14.8 Å². The average molecular weight is 240 g/mol. The van der Waals surface area contributed by atoms with Crippen molar-refractivity contribution in [3.8, 4) is 0 Å². The molecule has 0 atom stereocenters. The van der Waals surface area contributed by atoms with Gasteiger partial charge in [-0.25, -0.2) is 0 Å². The highest BCUT2D eigenvalue weighted by molar-refractivity contribution is 7.99. The summed E-state index contributed by atoms with van der Waals surface area (Å²) >= 11 is 1.74. The molecule has 0 saturated heterocycles. The van der Waals surface area contributed by atoms with Crippen molar-refractivity contribution < 1.29 is 0 Å². The van der Waals surface area contributed by atoms with Gasteiger partial charge in [0.2, 0.25) is 0 Å². The molecule has 1 aromatic heterocycles. The minimum absolute atomic E-state index is 0.357. The number of nitrogens with zero attached hydrogens (tertiary/aromatic N) is 3. The van der Waals surface area contributed by atoms with Crippen LogP contribution in [0.4, 0.5) is 0 Å². The van der Waals surface area contributed by atoms with Gasteiger partial charge in [-0.05, 0) is 26.7 Å². The van der Waals surface area contributed by atoms with E-state index < -0.39 is 0 Å². The largest absolute Gasteiger partial charge is 0.324 e. The van der Waals surface area contributed by atoms with E-state index in [1.54, 1.807) is 11.8 Å². The molecule has 0 saturated carbocycles. The van der Waals surface area contributed by atoms with Crippen LogP contribution in [-0.4, -0.2) is 20.5 Å². The summed E-state index contributed by atoms with van der Waals surface area (Å²) in [6.45, 7) is 8.39. The lowest BCUT2D eigenvalue weighted by Gasteiger charge is -2.12. The van der Waals surface area contributed by atoms with E-state index in [0.717, 1.165) is 29.6 Å². The van der Waals surface area contributed by atoms with Crippen molar-refractivity contribution in [1.29, 1.82) is 0 Å². The van der Waals surface area contributed by atoms with Crippen LogP contribution in [0.5, 0.6) is 0 Å². The van der Waals surface area contributed by atoms with E-state index in [4.69, 9.17) is 5.73 Å². The van der Waals surface area contributed by atoms with Gasteiger partial charge in [0, 0.05) is 11.8 Å². The van der Waals surface area contributed by atoms with Gasteiger partial charge >= 0.3 is 0 Å². The molecule has 1 heterocycles. The van der Waals surface area contributed by atoms with Gasteiger partial charge in [0.15, 0.2) is 5.16 Å². The van der Waals surface area contributed by atoms with E-state index in [0.29, 0.717) is 12.6 Å². The number of allylic oxidation sites excluding steroid dienone is 1. The Hall–Kier alpha value is -0.810. The fourth-order valence-electron chi connectivity index (χ4n) is 1.45. The smallest absolute Gasteiger partial charge is 0.191 e. The third-order valence-electron chi connectivity index (χ3n) is 2.22. The monoisotopic (exact) mass is 240 g/mol. The van der Waals surface area contributed by atoms with Crippen LogP contribution in [0.1, 0.15) is 38.6 Å². The zero-order chi connectivity index (χ0) is 12.0. The minimum Gasteiger partial charge on any atom is -0.324 e. The van der Waals surface area contributed by atoms with Crippen molar-refractivity contribution in [3.63, 3.8) is 0 Å². The lowest BCUT2D eigenvalue weighted by molar-refractivity contribution is 0.526. The van der Waals surface area contributed by atoms with Gasteiger partial charge in [-0.3, -0.25) is 0 Å². The Morgan fingerprint density at radius 1 is 1.50 bits per heavy atom. The van der Waals surface area contributed by atoms with Crippen molar-refractivity contribution in [3.05, 3.63) is 18.5 Å². The summed E-state index contributed by atoms with van der Waals surface area (Å²) in [4.78, 5) is 0. The molecule has 1 aromatic rings. The molecule has 0 aliphatic carbocycles. The number of hydrogen-bond donors (Lipinski definition) is 1. The standard InChI is InChI=1S/C11H20N4S/c1-4-5-6-7-16-11-14-13-10(8-12)15(11)9(2)3/h4,9H,1,5-8,12H2,2-3H3. The zero-order valence-electron chi connectivity index (χ0n) is 10.0. The molecule has 0 amide bonds. The van der Waals surface area contributed by atoms with Gasteiger partial charge in [-0.15, -0.1) is 16.8 Å². The lowest BCUT2D eigenvalue weighted by Crippen LogP contribution is -2.11. The fourth-order valence-corrected chi connectivity index (χ4v) is 2.50. The maximum Gasteiger partial charge on any atom is 0.191 e. The Labute approximate surface area is 101 Å². The summed E-state index contributed by atoms with van der Waals surface area (Å²) in [6.07, 6.45) is 4.11. The second kappa shape index (κ2) is 6.70. The normalized spacial score (nSPS) is 11.0. The van der Waals surface area contributed by atoms with Crippen LogP contribution in [0, 0.1) is 0 Å². The van der Waals surface area contributed by atoms with Gasteiger partial charge in [0.25, 0.3) is 0 Å². The first-order chi connectivity index (χ1) is 7.70. The highest BCUT2D eigenvalue weighted by Gasteiger charge is 2.13. The first-order valence-corrected chi connectivity index (χ1v) is 6.56. The molecule has 0 fully saturated rings. The molecule has 4 nitrogen and oxygen atoms in total. The summed E-state index contributed by atoms with van der Waals surface area (Å²) < 4.78 is 2.11. The van der Waals surface area contributed by atoms with E-state index >= 15 is 0 Å². The number of aromatic nitrogens is 3. The van der Waals surface area contributed by atoms with Crippen LogP contribution < -0.4 is 5.73 Å². The second-order valence-corrected chi connectivity index (χ2v) is 4.91. The molecule has 0 radical (unpaired) electrons. The molecule has 2 N–H and O–H groups in total. The molecule has 90 valence electrons. The van der Waals surface area contributed by atoms with E-state index in [2.05, 4.69) is 35.2 Å². The van der Waals surface area contributed by atoms with Crippen molar-refractivity contribution in [2.75, 3.05) is 5.75 Å². The summed E-state index contributed by atoms with van der Waals surface area (Å²) in [5.41, 5.74) is 5.63. The van der Waals surface area contributed by atoms with Crippen LogP contribution >= 0.6 is 11.8 Å². The second-order valence-electron chi connectivity index (χ2n) is 3.85. The van der Waals surface area contributed by atoms with Gasteiger partial charge in [0.1, 0.15) is 5.82 Å². The van der Waals surface area contributed by atoms with Gasteiger partial charge in [-0.1, -0.05) is 17.8 Å². The number of nitrogens with two attached hydrogens (primary N) is 1. The molecular weight excluding hydrogens is 220 g/mol. The zero-order valence-corrected chi connectivity index (χ0v) is 10.8. The Morgan fingerprint density at radius 2 is 2.25 bits per heavy atom. The Morgan fingerprint density at radius 3 is 2.81 bits per heavy atom. The molecule has 0 aliphatic heterocycles. The molecule has 0 spiro atoms. The van der Waals surface area contributed by atoms with Crippen molar-refractivity contribution in [2.45, 2.75) is 44.4 Å². The number of hydrogen-bond acceptors (Lipinski definition) is 4. The quantitative estimate of drug-likeness (QED) is 0.451. The third kappa shape index (κ3) is 3.35. The molecule has 1 rings (SSSR count). The van der Waals surface area contributed by atoms with E-state index in [1.165, 1.54) is 0 Å². The summed E-state index contributed by atoms with van der Waals surface area (Å²) in [5, 5.41) is 9.25. The van der Waals surface area contributed by atoms with Crippen LogP contribution in [-0.2, 0) is 6.54 Å². The van der Waals surface area contributed by atoms with Crippen LogP contribution in [0.15, 0.2) is 17.8 Å². The average Bonchev–Trinajstić information content (AvgIpc) is 2.67. The molecule has 0 unspecified atom stereocenters. The molecule has 0 bridgehead atoms. The Kier molecular flexibility index (Phi) is 5.55. The van der Waals surface area contributed by atoms with Gasteiger partial charge in [-0.2, -0.15) is 0 Å². The number of thioether (sulfide) groups is 1. The first-order valence-electron chi connectivity index (χ1n) is 5.58. The third-order valence-corrected chi connectivity index (χ3v) is 3.25. The summed E-state index contributed by atoms with van der Waals surface area (Å²) in [5.74, 6) is 1.91. The predicted octanol–water partition coefficient (Wildman–Crippen LogP) is 2.38. The van der Waals surface area contributed by atoms with Crippen LogP contribution in [0.25, 0.3) is 0 Å². The highest BCUT2D eigenvalue weighted by atomic mass is 32.2. The SMILES string of the molecule is C=CCCCSc1nnc(CN)n1C(C)C. The van der Waals surface area contributed by atoms with E-state index in [-0.39, 0.29) is 0 Å². The number of rotatable bonds is 7. The summed E-state index contributed by atoms with van der Waals surface area (Å²) in [7, 11) is 0. The molecule has 16 heavy (non-hydrogen) atoms. The van der Waals surface area contributed by atoms with Crippen molar-refractivity contribution in [2.24, 2.45) is 5.73 Å². The first kappa shape index (κ1) is 13.3. The van der Waals surface area contributed by atoms with E-state index in [1.807, 2.05) is 6.08 Å². The van der Waals surface area contributed by atoms with Crippen molar-refractivity contribution >= 4 is 11.8 Å². The minimum atomic E-state index is 0.357. The molecule has 0 aliphatic rings. The number of unbranched alkanes of at least 4 members (excludes halogenated alkanes) is 1. The Balaban J connectivity index is 2.64. The Bertz CT molecular complexity index is 333. The fraction of sp³-hybridized carbons (Fsp3) is 0.636. The van der Waals surface area contributed by atoms with Crippen LogP contribution in [0.2, 0.25) is 0 Å². The van der Waals surface area contributed by atoms with Crippen LogP contribution in [0.3, 0.4) is 0 Å². The lowest BCUT2D eigenvalue weighted by atomic mass is 10.3. The van der Waals surface area contributed by atoms with Gasteiger partial charge < -0.3 is 10.3 Å². The molecule has 0 aromatic carbocycles. The molecular formula is C11H20N4S. The highest BCUT2D eigenvalue weighted by Crippen LogP contribution is 2.22. The molecule has 5 heteroatoms. The van der Waals surface area contributed by atoms with Gasteiger partial charge in [0.05, 0.1) is 6.54 Å². The topological polar surface area (TPSA) is 56.7 Å². The maximum absolute atomic E-state index is 5.63. The summed E-state index contributed by atoms with van der Waals surface area (Å²) in [6, 6.07) is 0.357. The predicted molar refractivity (Wildman–Crippen MR) is 68.5 cm³/mol. The maximum atomic E-state index is 5.63.